The fourth-order valence-corrected chi connectivity index (χ4v) is 8.24. The van der Waals surface area contributed by atoms with Crippen molar-refractivity contribution in [2.75, 3.05) is 56.4 Å². The number of hydrogen-bond acceptors (Lipinski definition) is 14. The molecule has 0 saturated carbocycles. The van der Waals surface area contributed by atoms with Gasteiger partial charge in [0.05, 0.1) is 25.6 Å². The molecule has 1 fully saturated rings. The topological polar surface area (TPSA) is 199 Å². The number of nitrogen functional groups attached to an aromatic ring is 1. The fourth-order valence-electron chi connectivity index (χ4n) is 5.38. The average molecular weight is 652 g/mol. The zero-order valence-corrected chi connectivity index (χ0v) is 26.2. The van der Waals surface area contributed by atoms with E-state index in [0.717, 1.165) is 0 Å². The van der Waals surface area contributed by atoms with E-state index in [0.29, 0.717) is 46.9 Å². The van der Waals surface area contributed by atoms with Crippen LogP contribution < -0.4 is 5.73 Å². The van der Waals surface area contributed by atoms with Crippen LogP contribution in [-0.2, 0) is 18.3 Å². The van der Waals surface area contributed by atoms with Crippen LogP contribution in [0.4, 0.5) is 5.82 Å². The molecule has 0 spiro atoms. The molecule has 1 amide bonds. The number of fused-ring (bicyclic) bond motifs is 2. The Morgan fingerprint density at radius 1 is 1.09 bits per heavy atom. The van der Waals surface area contributed by atoms with Gasteiger partial charge in [0.15, 0.2) is 23.9 Å². The van der Waals surface area contributed by atoms with Crippen molar-refractivity contribution in [3.8, 4) is 0 Å². The third-order valence-electron chi connectivity index (χ3n) is 7.54. The first-order chi connectivity index (χ1) is 21.2. The van der Waals surface area contributed by atoms with E-state index >= 15 is 0 Å². The number of aliphatic hydroxyl groups is 3. The zero-order valence-electron chi connectivity index (χ0n) is 24.5. The second-order valence-corrected chi connectivity index (χ2v) is 13.5. The Kier molecular flexibility index (Phi) is 10.6. The maximum absolute atomic E-state index is 13.4. The van der Waals surface area contributed by atoms with E-state index in [4.69, 9.17) is 19.5 Å². The first kappa shape index (κ1) is 32.7. The van der Waals surface area contributed by atoms with Crippen molar-refractivity contribution in [3.63, 3.8) is 0 Å². The highest BCUT2D eigenvalue weighted by molar-refractivity contribution is 7.99. The van der Waals surface area contributed by atoms with Crippen LogP contribution in [0.15, 0.2) is 36.9 Å². The quantitative estimate of drug-likeness (QED) is 0.136. The Hall–Kier alpha value is -2.66. The predicted molar refractivity (Wildman–Crippen MR) is 163 cm³/mol. The summed E-state index contributed by atoms with van der Waals surface area (Å²) in [6, 6.07) is 6.94. The monoisotopic (exact) mass is 651 g/mol. The molecule has 3 unspecified atom stereocenters. The number of hydrogen-bond donors (Lipinski definition) is 4. The molecule has 1 aromatic carbocycles. The summed E-state index contributed by atoms with van der Waals surface area (Å²) < 4.78 is 32.0. The number of thioether (sulfide) groups is 1. The Morgan fingerprint density at radius 2 is 1.84 bits per heavy atom. The second-order valence-electron chi connectivity index (χ2n) is 10.4. The molecule has 0 bridgehead atoms. The van der Waals surface area contributed by atoms with Crippen molar-refractivity contribution < 1.29 is 38.5 Å². The van der Waals surface area contributed by atoms with Crippen molar-refractivity contribution in [1.82, 2.24) is 29.3 Å². The smallest absolute Gasteiger partial charge is 0.344 e. The molecule has 5 N–H and O–H groups in total. The highest BCUT2D eigenvalue weighted by Gasteiger charge is 2.44. The van der Waals surface area contributed by atoms with Crippen LogP contribution in [0.3, 0.4) is 0 Å². The molecule has 3 aromatic rings. The molecule has 1 saturated heterocycles. The normalized spacial score (nSPS) is 23.7. The van der Waals surface area contributed by atoms with E-state index in [-0.39, 0.29) is 37.8 Å². The number of anilines is 1. The van der Waals surface area contributed by atoms with Crippen molar-refractivity contribution >= 4 is 42.2 Å². The minimum Gasteiger partial charge on any atom is -0.387 e. The van der Waals surface area contributed by atoms with Crippen LogP contribution >= 0.6 is 19.4 Å². The average Bonchev–Trinajstić information content (AvgIpc) is 3.63. The van der Waals surface area contributed by atoms with Gasteiger partial charge >= 0.3 is 7.60 Å². The number of carbonyl (C=O) groups is 1. The van der Waals surface area contributed by atoms with E-state index in [9.17, 15) is 24.7 Å². The Labute approximate surface area is 258 Å². The third kappa shape index (κ3) is 6.78. The van der Waals surface area contributed by atoms with E-state index in [1.54, 1.807) is 38.1 Å². The lowest BCUT2D eigenvalue weighted by Crippen LogP contribution is -2.39. The van der Waals surface area contributed by atoms with E-state index in [1.807, 2.05) is 4.90 Å². The van der Waals surface area contributed by atoms with Crippen molar-refractivity contribution in [2.24, 2.45) is 0 Å². The predicted octanol–water partition coefficient (Wildman–Crippen LogP) is 1.43. The molecular weight excluding hydrogens is 613 g/mol. The molecule has 17 heteroatoms. The number of aromatic nitrogens is 4. The van der Waals surface area contributed by atoms with Crippen molar-refractivity contribution in [1.29, 1.82) is 0 Å². The lowest BCUT2D eigenvalue weighted by Gasteiger charge is -2.29. The molecule has 5 rings (SSSR count). The largest absolute Gasteiger partial charge is 0.387 e. The van der Waals surface area contributed by atoms with Gasteiger partial charge in [-0.3, -0.25) is 18.8 Å². The SMILES string of the molecule is CCOP(=O)(CN(CCSC[C@H]1O[C@@H](n2cnc3c(N)ncnc32)C(O)C1O)CCN1C(=O)c2ccccc2C1O)OCC. The van der Waals surface area contributed by atoms with Gasteiger partial charge in [-0.2, -0.15) is 11.8 Å². The number of carbonyl (C=O) groups excluding carboxylic acids is 1. The van der Waals surface area contributed by atoms with Crippen LogP contribution in [0, 0.1) is 0 Å². The van der Waals surface area contributed by atoms with Gasteiger partial charge < -0.3 is 39.7 Å². The van der Waals surface area contributed by atoms with Gasteiger partial charge in [-0.1, -0.05) is 18.2 Å². The molecule has 5 atom stereocenters. The molecule has 0 aliphatic carbocycles. The van der Waals surface area contributed by atoms with Crippen molar-refractivity contribution in [2.45, 2.75) is 44.6 Å². The van der Waals surface area contributed by atoms with Gasteiger partial charge in [-0.05, 0) is 19.9 Å². The van der Waals surface area contributed by atoms with Crippen molar-refractivity contribution in [3.05, 3.63) is 48.0 Å². The Bertz CT molecular complexity index is 1490. The summed E-state index contributed by atoms with van der Waals surface area (Å²) in [6.07, 6.45) is -2.29. The number of ether oxygens (including phenoxy) is 1. The van der Waals surface area contributed by atoms with Gasteiger partial charge in [-0.15, -0.1) is 0 Å². The van der Waals surface area contributed by atoms with Crippen LogP contribution in [0.2, 0.25) is 0 Å². The molecule has 2 aromatic heterocycles. The maximum Gasteiger partial charge on any atom is 0.344 e. The highest BCUT2D eigenvalue weighted by atomic mass is 32.2. The first-order valence-corrected chi connectivity index (χ1v) is 17.3. The van der Waals surface area contributed by atoms with Gasteiger partial charge in [0.25, 0.3) is 5.91 Å². The molecule has 0 radical (unpaired) electrons. The summed E-state index contributed by atoms with van der Waals surface area (Å²) in [4.78, 5) is 28.5. The summed E-state index contributed by atoms with van der Waals surface area (Å²) in [5, 5.41) is 32.3. The summed E-state index contributed by atoms with van der Waals surface area (Å²) in [5.74, 6) is 0.838. The Balaban J connectivity index is 1.20. The second kappa shape index (κ2) is 14.2. The number of imidazole rings is 1. The van der Waals surface area contributed by atoms with E-state index in [1.165, 1.54) is 33.9 Å². The van der Waals surface area contributed by atoms with E-state index < -0.39 is 38.4 Å². The van der Waals surface area contributed by atoms with Gasteiger partial charge in [0.2, 0.25) is 0 Å². The minimum atomic E-state index is -3.45. The molecule has 240 valence electrons. The summed E-state index contributed by atoms with van der Waals surface area (Å²) in [6.45, 7) is 4.85. The van der Waals surface area contributed by atoms with Crippen LogP contribution in [-0.4, -0.2) is 119 Å². The number of amides is 1. The van der Waals surface area contributed by atoms with Gasteiger partial charge in [0.1, 0.15) is 30.3 Å². The fraction of sp³-hybridized carbons (Fsp3) is 0.556. The lowest BCUT2D eigenvalue weighted by molar-refractivity contribution is -0.0289. The molecule has 4 heterocycles. The molecule has 44 heavy (non-hydrogen) atoms. The maximum atomic E-state index is 13.4. The Morgan fingerprint density at radius 3 is 2.57 bits per heavy atom. The van der Waals surface area contributed by atoms with Gasteiger partial charge in [-0.25, -0.2) is 15.0 Å². The summed E-state index contributed by atoms with van der Waals surface area (Å²) in [5.41, 5.74) is 7.66. The van der Waals surface area contributed by atoms with Crippen LogP contribution in [0.5, 0.6) is 0 Å². The number of aliphatic hydroxyl groups excluding tert-OH is 3. The third-order valence-corrected chi connectivity index (χ3v) is 10.6. The number of nitrogens with zero attached hydrogens (tertiary/aromatic N) is 6. The molecule has 15 nitrogen and oxygen atoms in total. The number of rotatable bonds is 15. The van der Waals surface area contributed by atoms with Crippen LogP contribution in [0.25, 0.3) is 11.2 Å². The summed E-state index contributed by atoms with van der Waals surface area (Å²) in [7, 11) is -3.45. The minimum absolute atomic E-state index is 0.00233. The number of benzene rings is 1. The van der Waals surface area contributed by atoms with E-state index in [2.05, 4.69) is 15.0 Å². The highest BCUT2D eigenvalue weighted by Crippen LogP contribution is 2.48. The first-order valence-electron chi connectivity index (χ1n) is 14.4. The molecular formula is C27H38N7O8PS. The summed E-state index contributed by atoms with van der Waals surface area (Å²) >= 11 is 1.48. The number of nitrogens with two attached hydrogens (primary N) is 1. The molecule has 2 aliphatic rings. The van der Waals surface area contributed by atoms with Crippen LogP contribution in [0.1, 0.15) is 42.2 Å². The zero-order chi connectivity index (χ0) is 31.4. The van der Waals surface area contributed by atoms with Gasteiger partial charge in [0, 0.05) is 42.3 Å². The molecule has 2 aliphatic heterocycles. The lowest BCUT2D eigenvalue weighted by atomic mass is 10.1. The standard InChI is InChI=1S/C27H38N7O8PS/c1-3-40-43(39,41-4-2)16-32(9-10-33-25(37)17-7-5-6-8-18(17)26(33)38)11-12-44-13-19-21(35)22(36)27(42-19)34-15-31-20-23(28)29-14-30-24(20)34/h5-8,14-15,19,21-22,25,27,35-37H,3-4,9-13,16H2,1-2H3,(H2,28,29,30)/t19-,21?,22?,25?,27-/m1/s1.